The molecule has 5 nitrogen and oxygen atoms in total. The van der Waals surface area contributed by atoms with Gasteiger partial charge in [0, 0.05) is 52.8 Å². The standard InChI is InChI=1S/C39H51F3N4OS/c1-11-14-33(22(4)5)45(10)24(8)30-17-26(12-2)34(29-15-16-32(41)39-35(29)31(19-43)38(48-39)23(6)7)36(42)37(30)44-25(9)47-21-28-18-27(40)20-46(28)13-3/h15-17,22-23,27-28,33H,9,11-14,18,20-21H2,1-8,10H3/b30-24+,44-37+. The van der Waals surface area contributed by atoms with E-state index in [9.17, 15) is 9.65 Å². The molecular formula is C39H51F3N4OS. The van der Waals surface area contributed by atoms with Crippen molar-refractivity contribution in [3.05, 3.63) is 75.2 Å². The third-order valence-corrected chi connectivity index (χ3v) is 11.3. The Kier molecular flexibility index (Phi) is 12.4. The molecule has 0 bridgehead atoms. The van der Waals surface area contributed by atoms with E-state index in [1.807, 2.05) is 52.6 Å². The van der Waals surface area contributed by atoms with E-state index in [0.29, 0.717) is 64.2 Å². The Balaban J connectivity index is 1.93. The number of likely N-dealkylation sites (N-methyl/N-ethyl adjacent to an activating group) is 1. The summed E-state index contributed by atoms with van der Waals surface area (Å²) in [6.07, 6.45) is 3.90. The minimum absolute atomic E-state index is 0.00538. The number of aliphatic imine (C=N–C) groups is 1. The number of hydrogen-bond acceptors (Lipinski definition) is 6. The Morgan fingerprint density at radius 1 is 1.21 bits per heavy atom. The second kappa shape index (κ2) is 15.9. The van der Waals surface area contributed by atoms with Crippen molar-refractivity contribution in [1.29, 1.82) is 5.26 Å². The highest BCUT2D eigenvalue weighted by atomic mass is 32.1. The fourth-order valence-corrected chi connectivity index (χ4v) is 8.29. The van der Waals surface area contributed by atoms with Crippen LogP contribution in [0.4, 0.5) is 13.2 Å². The van der Waals surface area contributed by atoms with E-state index in [1.54, 1.807) is 6.07 Å². The van der Waals surface area contributed by atoms with Gasteiger partial charge in [-0.25, -0.2) is 18.2 Å². The van der Waals surface area contributed by atoms with E-state index in [2.05, 4.69) is 38.3 Å². The molecule has 1 aliphatic carbocycles. The van der Waals surface area contributed by atoms with Crippen molar-refractivity contribution in [2.24, 2.45) is 10.9 Å². The maximum atomic E-state index is 17.4. The Morgan fingerprint density at radius 2 is 1.92 bits per heavy atom. The van der Waals surface area contributed by atoms with Gasteiger partial charge < -0.3 is 9.64 Å². The first-order chi connectivity index (χ1) is 22.8. The molecule has 48 heavy (non-hydrogen) atoms. The smallest absolute Gasteiger partial charge is 0.206 e. The molecule has 9 heteroatoms. The van der Waals surface area contributed by atoms with Crippen molar-refractivity contribution in [1.82, 2.24) is 9.80 Å². The molecule has 2 aromatic rings. The van der Waals surface area contributed by atoms with Gasteiger partial charge in [0.15, 0.2) is 5.83 Å². The van der Waals surface area contributed by atoms with Gasteiger partial charge in [-0.1, -0.05) is 61.0 Å². The van der Waals surface area contributed by atoms with Crippen LogP contribution in [0.2, 0.25) is 0 Å². The topological polar surface area (TPSA) is 51.9 Å². The maximum absolute atomic E-state index is 17.4. The van der Waals surface area contributed by atoms with Gasteiger partial charge in [0.05, 0.1) is 10.3 Å². The molecule has 0 saturated carbocycles. The first-order valence-corrected chi connectivity index (χ1v) is 18.1. The van der Waals surface area contributed by atoms with Crippen molar-refractivity contribution < 1.29 is 17.9 Å². The summed E-state index contributed by atoms with van der Waals surface area (Å²) in [6.45, 7) is 21.7. The minimum Gasteiger partial charge on any atom is -0.476 e. The van der Waals surface area contributed by atoms with E-state index in [0.717, 1.165) is 29.0 Å². The lowest BCUT2D eigenvalue weighted by Gasteiger charge is -2.35. The SMILES string of the molecule is C=C(/N=C1/C(F)=C(c2ccc(F)c3sc(C(C)C)c(C#N)c23)C(CC)=C/C1=C(/C)N(C)C(CCC)C(C)C)OCC1CC(F)CN1CC. The first kappa shape index (κ1) is 37.5. The van der Waals surface area contributed by atoms with Crippen LogP contribution in [0.15, 0.2) is 58.3 Å². The van der Waals surface area contributed by atoms with Gasteiger partial charge in [0.2, 0.25) is 5.88 Å². The molecule has 1 aromatic heterocycles. The number of nitrogens with zero attached hydrogens (tertiary/aromatic N) is 4. The number of likely N-dealkylation sites (tertiary alicyclic amines) is 1. The van der Waals surface area contributed by atoms with Crippen LogP contribution < -0.4 is 0 Å². The molecule has 1 aromatic carbocycles. The Labute approximate surface area is 289 Å². The molecular weight excluding hydrogens is 630 g/mol. The number of fused-ring (bicyclic) bond motifs is 1. The molecule has 260 valence electrons. The van der Waals surface area contributed by atoms with Gasteiger partial charge >= 0.3 is 0 Å². The monoisotopic (exact) mass is 680 g/mol. The fraction of sp³-hybridized carbons (Fsp3) is 0.538. The summed E-state index contributed by atoms with van der Waals surface area (Å²) in [6, 6.07) is 5.33. The van der Waals surface area contributed by atoms with Crippen LogP contribution in [0.3, 0.4) is 0 Å². The second-order valence-electron chi connectivity index (χ2n) is 13.6. The van der Waals surface area contributed by atoms with Gasteiger partial charge in [-0.2, -0.15) is 5.26 Å². The summed E-state index contributed by atoms with van der Waals surface area (Å²) >= 11 is 1.25. The number of rotatable bonds is 13. The molecule has 1 aliphatic heterocycles. The number of alkyl halides is 1. The summed E-state index contributed by atoms with van der Waals surface area (Å²) in [7, 11) is 2.04. The third-order valence-electron chi connectivity index (χ3n) is 9.76. The molecule has 0 radical (unpaired) electrons. The molecule has 1 fully saturated rings. The van der Waals surface area contributed by atoms with Crippen LogP contribution in [0, 0.1) is 23.1 Å². The number of nitriles is 1. The van der Waals surface area contributed by atoms with Crippen molar-refractivity contribution >= 4 is 32.7 Å². The first-order valence-electron chi connectivity index (χ1n) is 17.3. The third kappa shape index (κ3) is 7.45. The average molecular weight is 681 g/mol. The minimum atomic E-state index is -0.916. The highest BCUT2D eigenvalue weighted by Crippen LogP contribution is 2.46. The summed E-state index contributed by atoms with van der Waals surface area (Å²) in [4.78, 5) is 9.70. The Bertz CT molecular complexity index is 1690. The van der Waals surface area contributed by atoms with Crippen LogP contribution >= 0.6 is 11.3 Å². The zero-order chi connectivity index (χ0) is 35.4. The van der Waals surface area contributed by atoms with Crippen molar-refractivity contribution in [3.8, 4) is 6.07 Å². The van der Waals surface area contributed by atoms with Crippen molar-refractivity contribution in [2.45, 2.75) is 105 Å². The van der Waals surface area contributed by atoms with E-state index in [4.69, 9.17) is 9.73 Å². The molecule has 3 unspecified atom stereocenters. The van der Waals surface area contributed by atoms with Gasteiger partial charge in [-0.05, 0) is 74.4 Å². The molecule has 1 saturated heterocycles. The summed E-state index contributed by atoms with van der Waals surface area (Å²) in [5, 5.41) is 10.7. The van der Waals surface area contributed by atoms with E-state index >= 15 is 8.78 Å². The highest BCUT2D eigenvalue weighted by Gasteiger charge is 2.33. The number of benzene rings is 1. The molecule has 2 heterocycles. The van der Waals surface area contributed by atoms with Crippen LogP contribution in [-0.4, -0.2) is 60.5 Å². The van der Waals surface area contributed by atoms with Crippen LogP contribution in [-0.2, 0) is 4.74 Å². The lowest BCUT2D eigenvalue weighted by atomic mass is 9.83. The molecule has 0 spiro atoms. The largest absolute Gasteiger partial charge is 0.476 e. The van der Waals surface area contributed by atoms with Crippen LogP contribution in [0.25, 0.3) is 15.7 Å². The zero-order valence-corrected chi connectivity index (χ0v) is 30.8. The van der Waals surface area contributed by atoms with Gasteiger partial charge in [-0.3, -0.25) is 4.90 Å². The highest BCUT2D eigenvalue weighted by molar-refractivity contribution is 7.19. The number of allylic oxidation sites excluding steroid dienone is 6. The van der Waals surface area contributed by atoms with Gasteiger partial charge in [0.25, 0.3) is 0 Å². The van der Waals surface area contributed by atoms with Gasteiger partial charge in [-0.15, -0.1) is 11.3 Å². The molecule has 2 aliphatic rings. The van der Waals surface area contributed by atoms with E-state index in [1.165, 1.54) is 17.4 Å². The fourth-order valence-electron chi connectivity index (χ4n) is 7.10. The maximum Gasteiger partial charge on any atom is 0.206 e. The normalized spacial score (nSPS) is 21.4. The molecule has 4 rings (SSSR count). The average Bonchev–Trinajstić information content (AvgIpc) is 3.63. The van der Waals surface area contributed by atoms with E-state index < -0.39 is 17.8 Å². The van der Waals surface area contributed by atoms with Crippen LogP contribution in [0.5, 0.6) is 0 Å². The Morgan fingerprint density at radius 3 is 2.50 bits per heavy atom. The number of halogens is 3. The van der Waals surface area contributed by atoms with Crippen molar-refractivity contribution in [3.63, 3.8) is 0 Å². The quantitative estimate of drug-likeness (QED) is 0.198. The number of hydrogen-bond donors (Lipinski definition) is 0. The predicted molar refractivity (Wildman–Crippen MR) is 194 cm³/mol. The molecule has 3 atom stereocenters. The Hall–Kier alpha value is -3.35. The second-order valence-corrected chi connectivity index (χ2v) is 14.6. The lowest BCUT2D eigenvalue weighted by molar-refractivity contribution is 0.127. The number of thiophene rings is 1. The van der Waals surface area contributed by atoms with Crippen LogP contribution in [0.1, 0.15) is 103 Å². The summed E-state index contributed by atoms with van der Waals surface area (Å²) in [5.41, 5.74) is 3.42. The summed E-state index contributed by atoms with van der Waals surface area (Å²) < 4.78 is 53.3. The van der Waals surface area contributed by atoms with Gasteiger partial charge in [0.1, 0.15) is 30.4 Å². The molecule has 0 amide bonds. The number of ether oxygens (including phenoxy) is 1. The lowest BCUT2D eigenvalue weighted by Crippen LogP contribution is -2.36. The molecule has 0 N–H and O–H groups in total. The van der Waals surface area contributed by atoms with E-state index in [-0.39, 0.29) is 36.2 Å². The summed E-state index contributed by atoms with van der Waals surface area (Å²) in [5.74, 6) is -0.625. The zero-order valence-electron chi connectivity index (χ0n) is 30.0. The predicted octanol–water partition coefficient (Wildman–Crippen LogP) is 10.5. The van der Waals surface area contributed by atoms with Crippen molar-refractivity contribution in [2.75, 3.05) is 26.7 Å².